The monoisotopic (exact) mass is 362 g/mol. The summed E-state index contributed by atoms with van der Waals surface area (Å²) in [5.41, 5.74) is 4.43. The van der Waals surface area contributed by atoms with Crippen molar-refractivity contribution in [2.45, 2.75) is 6.42 Å². The third-order valence-corrected chi connectivity index (χ3v) is 5.07. The van der Waals surface area contributed by atoms with Crippen molar-refractivity contribution in [3.05, 3.63) is 119 Å². The second-order valence-corrected chi connectivity index (χ2v) is 6.88. The van der Waals surface area contributed by atoms with E-state index in [1.165, 1.54) is 0 Å². The van der Waals surface area contributed by atoms with Gasteiger partial charge in [-0.15, -0.1) is 0 Å². The Morgan fingerprint density at radius 2 is 1.50 bits per heavy atom. The van der Waals surface area contributed by atoms with Crippen molar-refractivity contribution in [2.75, 3.05) is 0 Å². The van der Waals surface area contributed by atoms with Crippen LogP contribution in [0, 0.1) is 0 Å². The van der Waals surface area contributed by atoms with E-state index < -0.39 is 0 Å². The van der Waals surface area contributed by atoms with Gasteiger partial charge < -0.3 is 0 Å². The van der Waals surface area contributed by atoms with Gasteiger partial charge in [0.15, 0.2) is 0 Å². The molecule has 0 spiro atoms. The van der Waals surface area contributed by atoms with Gasteiger partial charge in [-0.1, -0.05) is 66.7 Å². The van der Waals surface area contributed by atoms with E-state index in [-0.39, 0.29) is 5.56 Å². The molecule has 28 heavy (non-hydrogen) atoms. The van der Waals surface area contributed by atoms with E-state index in [4.69, 9.17) is 0 Å². The van der Waals surface area contributed by atoms with E-state index in [2.05, 4.69) is 23.2 Å². The molecule has 0 radical (unpaired) electrons. The Bertz CT molecular complexity index is 1350. The molecule has 2 heterocycles. The minimum absolute atomic E-state index is 0.000654. The van der Waals surface area contributed by atoms with Gasteiger partial charge in [0.1, 0.15) is 0 Å². The number of hydrogen-bond acceptors (Lipinski definition) is 2. The average Bonchev–Trinajstić information content (AvgIpc) is 2.75. The van der Waals surface area contributed by atoms with Gasteiger partial charge in [-0.05, 0) is 35.2 Å². The molecule has 0 saturated carbocycles. The van der Waals surface area contributed by atoms with Crippen LogP contribution in [-0.2, 0) is 6.42 Å². The molecule has 0 aliphatic heterocycles. The van der Waals surface area contributed by atoms with Crippen LogP contribution in [0.25, 0.3) is 27.5 Å². The summed E-state index contributed by atoms with van der Waals surface area (Å²) < 4.78 is 1.81. The number of benzene rings is 3. The van der Waals surface area contributed by atoms with Crippen molar-refractivity contribution in [1.82, 2.24) is 9.55 Å². The molecule has 3 aromatic carbocycles. The molecular formula is C25H18N2O. The first-order valence-corrected chi connectivity index (χ1v) is 9.33. The molecule has 2 aromatic heterocycles. The number of para-hydroxylation sites is 2. The van der Waals surface area contributed by atoms with Crippen LogP contribution in [0.2, 0.25) is 0 Å². The van der Waals surface area contributed by atoms with Gasteiger partial charge in [-0.3, -0.25) is 14.3 Å². The van der Waals surface area contributed by atoms with Crippen LogP contribution in [0.3, 0.4) is 0 Å². The maximum absolute atomic E-state index is 13.6. The highest BCUT2D eigenvalue weighted by molar-refractivity contribution is 5.89. The molecule has 5 aromatic rings. The summed E-state index contributed by atoms with van der Waals surface area (Å²) in [5, 5.41) is 2.06. The number of rotatable bonds is 3. The van der Waals surface area contributed by atoms with Gasteiger partial charge in [0, 0.05) is 23.6 Å². The molecule has 0 N–H and O–H groups in total. The Morgan fingerprint density at radius 1 is 0.750 bits per heavy atom. The lowest BCUT2D eigenvalue weighted by molar-refractivity contribution is 0.997. The van der Waals surface area contributed by atoms with Crippen molar-refractivity contribution in [2.24, 2.45) is 0 Å². The van der Waals surface area contributed by atoms with Crippen molar-refractivity contribution < 1.29 is 0 Å². The largest absolute Gasteiger partial charge is 0.274 e. The molecule has 0 aliphatic rings. The molecule has 0 fully saturated rings. The maximum atomic E-state index is 13.6. The summed E-state index contributed by atoms with van der Waals surface area (Å²) in [6, 6.07) is 30.0. The third-order valence-electron chi connectivity index (χ3n) is 5.07. The zero-order valence-corrected chi connectivity index (χ0v) is 15.2. The predicted octanol–water partition coefficient (Wildman–Crippen LogP) is 5.13. The van der Waals surface area contributed by atoms with Crippen LogP contribution >= 0.6 is 0 Å². The van der Waals surface area contributed by atoms with Crippen molar-refractivity contribution in [3.63, 3.8) is 0 Å². The summed E-state index contributed by atoms with van der Waals surface area (Å²) in [4.78, 5) is 18.1. The fourth-order valence-electron chi connectivity index (χ4n) is 3.77. The second kappa shape index (κ2) is 6.78. The van der Waals surface area contributed by atoms with Gasteiger partial charge in [0.05, 0.1) is 16.7 Å². The van der Waals surface area contributed by atoms with E-state index in [1.54, 1.807) is 6.20 Å². The summed E-state index contributed by atoms with van der Waals surface area (Å²) in [6.45, 7) is 0. The van der Waals surface area contributed by atoms with E-state index in [9.17, 15) is 4.79 Å². The van der Waals surface area contributed by atoms with E-state index in [0.717, 1.165) is 38.6 Å². The molecule has 3 nitrogen and oxygen atoms in total. The fraction of sp³-hybridized carbons (Fsp3) is 0.0400. The van der Waals surface area contributed by atoms with E-state index >= 15 is 0 Å². The quantitative estimate of drug-likeness (QED) is 0.446. The minimum atomic E-state index is 0.000654. The zero-order valence-electron chi connectivity index (χ0n) is 15.2. The average molecular weight is 362 g/mol. The minimum Gasteiger partial charge on any atom is -0.274 e. The number of pyridine rings is 2. The first-order chi connectivity index (χ1) is 13.8. The molecule has 0 aliphatic carbocycles. The topological polar surface area (TPSA) is 34.9 Å². The molecule has 0 unspecified atom stereocenters. The normalized spacial score (nSPS) is 11.1. The molecule has 0 atom stereocenters. The summed E-state index contributed by atoms with van der Waals surface area (Å²) in [6.07, 6.45) is 2.37. The highest BCUT2D eigenvalue weighted by Crippen LogP contribution is 2.24. The predicted molar refractivity (Wildman–Crippen MR) is 114 cm³/mol. The summed E-state index contributed by atoms with van der Waals surface area (Å²) in [5.74, 6) is 0. The fourth-order valence-corrected chi connectivity index (χ4v) is 3.77. The molecular weight excluding hydrogens is 344 g/mol. The van der Waals surface area contributed by atoms with E-state index in [0.29, 0.717) is 6.42 Å². The van der Waals surface area contributed by atoms with Gasteiger partial charge in [0.25, 0.3) is 5.56 Å². The van der Waals surface area contributed by atoms with Crippen LogP contribution in [0.15, 0.2) is 102 Å². The Morgan fingerprint density at radius 3 is 2.39 bits per heavy atom. The number of nitrogens with zero attached hydrogens (tertiary/aromatic N) is 2. The van der Waals surface area contributed by atoms with Crippen molar-refractivity contribution in [1.29, 1.82) is 0 Å². The number of aromatic nitrogens is 2. The first-order valence-electron chi connectivity index (χ1n) is 9.33. The van der Waals surface area contributed by atoms with Gasteiger partial charge in [-0.25, -0.2) is 0 Å². The lowest BCUT2D eigenvalue weighted by atomic mass is 10.0. The van der Waals surface area contributed by atoms with Crippen LogP contribution in [0.1, 0.15) is 11.1 Å². The molecule has 0 bridgehead atoms. The lowest BCUT2D eigenvalue weighted by Gasteiger charge is -2.15. The maximum Gasteiger partial charge on any atom is 0.259 e. The summed E-state index contributed by atoms with van der Waals surface area (Å²) in [7, 11) is 0. The zero-order chi connectivity index (χ0) is 18.9. The third kappa shape index (κ3) is 2.78. The second-order valence-electron chi connectivity index (χ2n) is 6.88. The van der Waals surface area contributed by atoms with Crippen LogP contribution < -0.4 is 5.56 Å². The summed E-state index contributed by atoms with van der Waals surface area (Å²) >= 11 is 0. The SMILES string of the molecule is O=c1c(Cc2ccccc2)cc2ccccc2n1-c1cccc2cccnc12. The van der Waals surface area contributed by atoms with Gasteiger partial charge in [0.2, 0.25) is 0 Å². The molecule has 5 rings (SSSR count). The molecule has 0 amide bonds. The Kier molecular flexibility index (Phi) is 3.99. The van der Waals surface area contributed by atoms with Crippen molar-refractivity contribution >= 4 is 21.8 Å². The van der Waals surface area contributed by atoms with Crippen LogP contribution in [0.5, 0.6) is 0 Å². The standard InChI is InChI=1S/C25H18N2O/c28-25-21(16-18-8-2-1-3-9-18)17-20-10-4-5-13-22(20)27(25)23-14-6-11-19-12-7-15-26-24(19)23/h1-15,17H,16H2. The van der Waals surface area contributed by atoms with Gasteiger partial charge in [-0.2, -0.15) is 0 Å². The first kappa shape index (κ1) is 16.5. The highest BCUT2D eigenvalue weighted by Gasteiger charge is 2.14. The molecule has 3 heteroatoms. The van der Waals surface area contributed by atoms with Gasteiger partial charge >= 0.3 is 0 Å². The van der Waals surface area contributed by atoms with Crippen LogP contribution in [0.4, 0.5) is 0 Å². The van der Waals surface area contributed by atoms with Crippen LogP contribution in [-0.4, -0.2) is 9.55 Å². The number of fused-ring (bicyclic) bond motifs is 2. The number of hydrogen-bond donors (Lipinski definition) is 0. The van der Waals surface area contributed by atoms with E-state index in [1.807, 2.05) is 77.4 Å². The Labute approximate surface area is 162 Å². The molecule has 0 saturated heterocycles. The highest BCUT2D eigenvalue weighted by atomic mass is 16.1. The molecule has 134 valence electrons. The lowest BCUT2D eigenvalue weighted by Crippen LogP contribution is -2.23. The Hall–Kier alpha value is -3.72. The van der Waals surface area contributed by atoms with Crippen molar-refractivity contribution in [3.8, 4) is 5.69 Å². The smallest absolute Gasteiger partial charge is 0.259 e. The Balaban J connectivity index is 1.82.